The fraction of sp³-hybridized carbons (Fsp3) is 0.500. The minimum Gasteiger partial charge on any atom is -0.463 e. The second-order valence-electron chi connectivity index (χ2n) is 2.02. The van der Waals surface area contributed by atoms with Crippen LogP contribution in [0.1, 0.15) is 0 Å². The van der Waals surface area contributed by atoms with E-state index in [2.05, 4.69) is 14.2 Å². The van der Waals surface area contributed by atoms with Crippen molar-refractivity contribution < 1.29 is 33.2 Å². The highest BCUT2D eigenvalue weighted by atomic mass is 31.2. The maximum absolute atomic E-state index is 11.6. The molecule has 0 aliphatic heterocycles. The molecule has 7 nitrogen and oxygen atoms in total. The molecule has 0 aromatic rings. The van der Waals surface area contributed by atoms with Gasteiger partial charge in [-0.25, -0.2) is 14.4 Å². The lowest BCUT2D eigenvalue weighted by Gasteiger charge is -2.09. The van der Waals surface area contributed by atoms with Crippen molar-refractivity contribution in [2.75, 3.05) is 21.3 Å². The summed E-state index contributed by atoms with van der Waals surface area (Å²) in [6.07, 6.45) is 0. The van der Waals surface area contributed by atoms with Gasteiger partial charge >= 0.3 is 24.3 Å². The highest BCUT2D eigenvalue weighted by Gasteiger charge is 2.51. The van der Waals surface area contributed by atoms with Crippen LogP contribution in [0.5, 0.6) is 0 Å². The van der Waals surface area contributed by atoms with E-state index in [4.69, 9.17) is 0 Å². The maximum atomic E-state index is 11.6. The molecule has 0 saturated carbocycles. The second-order valence-corrected chi connectivity index (χ2v) is 4.33. The zero-order valence-electron chi connectivity index (χ0n) is 7.80. The lowest BCUT2D eigenvalue weighted by atomic mass is 11.4. The van der Waals surface area contributed by atoms with Crippen LogP contribution < -0.4 is 0 Å². The Morgan fingerprint density at radius 2 is 1.00 bits per heavy atom. The van der Waals surface area contributed by atoms with E-state index in [9.17, 15) is 18.9 Å². The molecule has 80 valence electrons. The molecule has 0 radical (unpaired) electrons. The van der Waals surface area contributed by atoms with Gasteiger partial charge in [-0.3, -0.25) is 4.57 Å². The molecule has 0 saturated heterocycles. The van der Waals surface area contributed by atoms with Gasteiger partial charge in [-0.05, 0) is 0 Å². The number of methoxy groups -OCH3 is 3. The Morgan fingerprint density at radius 1 is 0.786 bits per heavy atom. The van der Waals surface area contributed by atoms with Crippen LogP contribution in [-0.4, -0.2) is 38.5 Å². The average molecular weight is 224 g/mol. The quantitative estimate of drug-likeness (QED) is 0.531. The van der Waals surface area contributed by atoms with Crippen molar-refractivity contribution in [3.05, 3.63) is 0 Å². The molecule has 0 aromatic heterocycles. The first-order valence-corrected chi connectivity index (χ1v) is 5.01. The molecule has 0 atom stereocenters. The van der Waals surface area contributed by atoms with Crippen LogP contribution in [-0.2, 0) is 18.8 Å². The average Bonchev–Trinajstić information content (AvgIpc) is 2.24. The van der Waals surface area contributed by atoms with Crippen molar-refractivity contribution in [1.29, 1.82) is 0 Å². The summed E-state index contributed by atoms with van der Waals surface area (Å²) in [5, 5.41) is 0. The van der Waals surface area contributed by atoms with Crippen molar-refractivity contribution in [3.8, 4) is 0 Å². The molecular formula is C6H9O7P. The molecule has 0 aliphatic carbocycles. The van der Waals surface area contributed by atoms with E-state index < -0.39 is 24.3 Å². The molecule has 0 unspecified atom stereocenters. The van der Waals surface area contributed by atoms with Crippen LogP contribution in [0.3, 0.4) is 0 Å². The van der Waals surface area contributed by atoms with E-state index in [0.717, 1.165) is 21.3 Å². The summed E-state index contributed by atoms with van der Waals surface area (Å²) in [6.45, 7) is 0. The summed E-state index contributed by atoms with van der Waals surface area (Å²) < 4.78 is 23.8. The van der Waals surface area contributed by atoms with E-state index in [0.29, 0.717) is 0 Å². The summed E-state index contributed by atoms with van der Waals surface area (Å²) in [5.74, 6) is 0. The summed E-state index contributed by atoms with van der Waals surface area (Å²) >= 11 is 0. The Bertz CT molecular complexity index is 260. The Balaban J connectivity index is 5.27. The molecule has 0 rings (SSSR count). The van der Waals surface area contributed by atoms with Crippen molar-refractivity contribution in [2.24, 2.45) is 0 Å². The number of hydrogen-bond donors (Lipinski definition) is 0. The van der Waals surface area contributed by atoms with Crippen LogP contribution in [0.2, 0.25) is 0 Å². The second kappa shape index (κ2) is 4.76. The van der Waals surface area contributed by atoms with Gasteiger partial charge in [0.1, 0.15) is 0 Å². The molecule has 0 aliphatic rings. The monoisotopic (exact) mass is 224 g/mol. The zero-order chi connectivity index (χ0) is 11.4. The van der Waals surface area contributed by atoms with E-state index in [1.165, 1.54) is 0 Å². The summed E-state index contributed by atoms with van der Waals surface area (Å²) in [4.78, 5) is 32.8. The fourth-order valence-corrected chi connectivity index (χ4v) is 1.83. The number of carbonyl (C=O) groups excluding carboxylic acids is 3. The molecule has 8 heteroatoms. The van der Waals surface area contributed by atoms with E-state index in [-0.39, 0.29) is 0 Å². The predicted octanol–water partition coefficient (Wildman–Crippen LogP) is 1.65. The highest BCUT2D eigenvalue weighted by molar-refractivity contribution is 8.05. The Kier molecular flexibility index (Phi) is 4.30. The largest absolute Gasteiger partial charge is 0.463 e. The molecular weight excluding hydrogens is 215 g/mol. The van der Waals surface area contributed by atoms with Gasteiger partial charge in [-0.2, -0.15) is 0 Å². The summed E-state index contributed by atoms with van der Waals surface area (Å²) in [5.41, 5.74) is -4.39. The van der Waals surface area contributed by atoms with Crippen molar-refractivity contribution in [1.82, 2.24) is 0 Å². The first-order chi connectivity index (χ1) is 6.44. The lowest BCUT2D eigenvalue weighted by Crippen LogP contribution is -2.17. The topological polar surface area (TPSA) is 96.0 Å². The SMILES string of the molecule is COC(=O)P(=O)(C(=O)OC)C(=O)OC. The van der Waals surface area contributed by atoms with Crippen LogP contribution in [0.25, 0.3) is 0 Å². The molecule has 0 amide bonds. The van der Waals surface area contributed by atoms with Gasteiger partial charge in [0.15, 0.2) is 0 Å². The first kappa shape index (κ1) is 12.6. The van der Waals surface area contributed by atoms with Gasteiger partial charge < -0.3 is 14.2 Å². The Morgan fingerprint density at radius 3 is 1.14 bits per heavy atom. The van der Waals surface area contributed by atoms with Crippen LogP contribution in [0.15, 0.2) is 0 Å². The standard InChI is InChI=1S/C6H9O7P/c1-11-4(7)14(10,5(8)12-2)6(9)13-3/h1-3H3. The number of hydrogen-bond acceptors (Lipinski definition) is 7. The van der Waals surface area contributed by atoms with Crippen molar-refractivity contribution in [3.63, 3.8) is 0 Å². The summed E-state index contributed by atoms with van der Waals surface area (Å²) in [7, 11) is -1.91. The van der Waals surface area contributed by atoms with Gasteiger partial charge in [-0.15, -0.1) is 0 Å². The first-order valence-electron chi connectivity index (χ1n) is 3.30. The molecule has 0 aromatic carbocycles. The summed E-state index contributed by atoms with van der Waals surface area (Å²) in [6, 6.07) is 0. The number of rotatable bonds is 3. The minimum absolute atomic E-state index is 0.890. The van der Waals surface area contributed by atoms with Gasteiger partial charge in [-0.1, -0.05) is 0 Å². The lowest BCUT2D eigenvalue weighted by molar-refractivity contribution is 0.181. The van der Waals surface area contributed by atoms with Crippen molar-refractivity contribution >= 4 is 24.3 Å². The molecule has 0 N–H and O–H groups in total. The molecule has 0 spiro atoms. The molecule has 0 fully saturated rings. The Hall–Kier alpha value is -1.36. The zero-order valence-corrected chi connectivity index (χ0v) is 8.70. The third kappa shape index (κ3) is 1.93. The third-order valence-electron chi connectivity index (χ3n) is 1.30. The molecule has 14 heavy (non-hydrogen) atoms. The minimum atomic E-state index is -4.58. The molecule has 0 heterocycles. The van der Waals surface area contributed by atoms with Gasteiger partial charge in [0.25, 0.3) is 0 Å². The smallest absolute Gasteiger partial charge is 0.396 e. The maximum Gasteiger partial charge on any atom is 0.396 e. The third-order valence-corrected chi connectivity index (χ3v) is 3.39. The fourth-order valence-electron chi connectivity index (χ4n) is 0.609. The van der Waals surface area contributed by atoms with E-state index in [1.54, 1.807) is 0 Å². The van der Waals surface area contributed by atoms with Crippen LogP contribution >= 0.6 is 7.14 Å². The van der Waals surface area contributed by atoms with Gasteiger partial charge in [0, 0.05) is 0 Å². The highest BCUT2D eigenvalue weighted by Crippen LogP contribution is 2.50. The van der Waals surface area contributed by atoms with Gasteiger partial charge in [0.05, 0.1) is 21.3 Å². The van der Waals surface area contributed by atoms with E-state index in [1.807, 2.05) is 0 Å². The Labute approximate surface area is 79.7 Å². The van der Waals surface area contributed by atoms with Crippen LogP contribution in [0.4, 0.5) is 14.4 Å². The van der Waals surface area contributed by atoms with Crippen molar-refractivity contribution in [2.45, 2.75) is 0 Å². The molecule has 0 bridgehead atoms. The van der Waals surface area contributed by atoms with Crippen LogP contribution in [0, 0.1) is 0 Å². The van der Waals surface area contributed by atoms with Gasteiger partial charge in [0.2, 0.25) is 0 Å². The predicted molar refractivity (Wildman–Crippen MR) is 44.8 cm³/mol. The van der Waals surface area contributed by atoms with E-state index >= 15 is 0 Å². The number of carbonyl (C=O) groups is 3. The normalized spacial score (nSPS) is 10.2. The number of ether oxygens (including phenoxy) is 3.